The summed E-state index contributed by atoms with van der Waals surface area (Å²) >= 11 is 6.44. The van der Waals surface area contributed by atoms with Gasteiger partial charge in [-0.15, -0.1) is 11.6 Å². The van der Waals surface area contributed by atoms with Gasteiger partial charge >= 0.3 is 0 Å². The van der Waals surface area contributed by atoms with E-state index in [1.54, 1.807) is 0 Å². The molecule has 0 fully saturated rings. The van der Waals surface area contributed by atoms with E-state index in [4.69, 9.17) is 11.6 Å². The first-order chi connectivity index (χ1) is 5.18. The summed E-state index contributed by atoms with van der Waals surface area (Å²) in [5.74, 6) is 0. The topological polar surface area (TPSA) is 35.0 Å². The number of hydrogen-bond donors (Lipinski definition) is 1. The Morgan fingerprint density at radius 2 is 1.08 bits per heavy atom. The molecule has 0 aliphatic rings. The van der Waals surface area contributed by atoms with Crippen LogP contribution in [0.1, 0.15) is 59.3 Å². The van der Waals surface area contributed by atoms with Crippen LogP contribution in [0.3, 0.4) is 0 Å². The van der Waals surface area contributed by atoms with E-state index in [9.17, 15) is 0 Å². The van der Waals surface area contributed by atoms with Crippen LogP contribution in [0.5, 0.6) is 0 Å². The summed E-state index contributed by atoms with van der Waals surface area (Å²) in [6.45, 7) is 6.63. The molecule has 0 aromatic rings. The molecule has 2 heteroatoms. The number of rotatable bonds is 6. The number of hydrogen-bond acceptors (Lipinski definition) is 1. The van der Waals surface area contributed by atoms with Crippen molar-refractivity contribution >= 4 is 11.6 Å². The fourth-order valence-electron chi connectivity index (χ4n) is 1.72. The molecule has 0 rings (SSSR count). The third kappa shape index (κ3) is 5.84. The third-order valence-electron chi connectivity index (χ3n) is 2.09. The van der Waals surface area contributed by atoms with Crippen molar-refractivity contribution in [1.29, 1.82) is 0 Å². The molecule has 0 unspecified atom stereocenters. The van der Waals surface area contributed by atoms with E-state index in [-0.39, 0.29) is 11.0 Å². The molecular weight excluding hydrogens is 170 g/mol. The molecule has 0 saturated heterocycles. The fourth-order valence-corrected chi connectivity index (χ4v) is 2.29. The Bertz CT molecular complexity index is 76.8. The molecule has 1 nitrogen and oxygen atoms in total. The summed E-state index contributed by atoms with van der Waals surface area (Å²) in [5.41, 5.74) is 0. The fraction of sp³-hybridized carbons (Fsp3) is 1.00. The summed E-state index contributed by atoms with van der Waals surface area (Å²) in [6, 6.07) is 0. The van der Waals surface area contributed by atoms with E-state index >= 15 is 0 Å². The standard InChI is InChI=1S/C10H21Cl.H3N/c1-4-7-10(11,8-5-2)9-6-3;/h4-9H2,1-3H3;1H3. The van der Waals surface area contributed by atoms with Crippen LogP contribution in [0.2, 0.25) is 0 Å². The minimum atomic E-state index is 0. The Morgan fingerprint density at radius 3 is 1.25 bits per heavy atom. The van der Waals surface area contributed by atoms with Gasteiger partial charge in [0.1, 0.15) is 0 Å². The van der Waals surface area contributed by atoms with E-state index in [1.165, 1.54) is 38.5 Å². The Hall–Kier alpha value is 0.250. The van der Waals surface area contributed by atoms with Gasteiger partial charge in [-0.2, -0.15) is 0 Å². The van der Waals surface area contributed by atoms with Gasteiger partial charge in [-0.1, -0.05) is 40.0 Å². The summed E-state index contributed by atoms with van der Waals surface area (Å²) in [7, 11) is 0. The van der Waals surface area contributed by atoms with Gasteiger partial charge < -0.3 is 6.15 Å². The molecular formula is C10H24ClN. The first-order valence-corrected chi connectivity index (χ1v) is 5.25. The van der Waals surface area contributed by atoms with Crippen LogP contribution in [0.15, 0.2) is 0 Å². The summed E-state index contributed by atoms with van der Waals surface area (Å²) in [6.07, 6.45) is 7.17. The minimum absolute atomic E-state index is 0. The van der Waals surface area contributed by atoms with Crippen LogP contribution in [0.4, 0.5) is 0 Å². The predicted octanol–water partition coefficient (Wildman–Crippen LogP) is 4.53. The second-order valence-corrected chi connectivity index (χ2v) is 4.20. The van der Waals surface area contributed by atoms with Crippen molar-refractivity contribution in [3.05, 3.63) is 0 Å². The smallest absolute Gasteiger partial charge is 0.0446 e. The number of alkyl halides is 1. The molecule has 0 amide bonds. The summed E-state index contributed by atoms with van der Waals surface area (Å²) in [5, 5.41) is 0. The van der Waals surface area contributed by atoms with Crippen molar-refractivity contribution in [1.82, 2.24) is 6.15 Å². The van der Waals surface area contributed by atoms with Gasteiger partial charge in [0.15, 0.2) is 0 Å². The first kappa shape index (κ1) is 14.8. The third-order valence-corrected chi connectivity index (χ3v) is 2.66. The highest BCUT2D eigenvalue weighted by molar-refractivity contribution is 6.23. The van der Waals surface area contributed by atoms with Crippen LogP contribution < -0.4 is 6.15 Å². The average Bonchev–Trinajstić information content (AvgIpc) is 1.88. The molecule has 0 atom stereocenters. The lowest BCUT2D eigenvalue weighted by molar-refractivity contribution is 0.444. The minimum Gasteiger partial charge on any atom is -0.344 e. The normalized spacial score (nSPS) is 11.0. The summed E-state index contributed by atoms with van der Waals surface area (Å²) in [4.78, 5) is 0.123. The van der Waals surface area contributed by atoms with Gasteiger partial charge in [0.25, 0.3) is 0 Å². The first-order valence-electron chi connectivity index (χ1n) is 4.87. The molecule has 0 aromatic carbocycles. The van der Waals surface area contributed by atoms with Crippen molar-refractivity contribution in [3.63, 3.8) is 0 Å². The van der Waals surface area contributed by atoms with Crippen LogP contribution >= 0.6 is 11.6 Å². The van der Waals surface area contributed by atoms with Crippen LogP contribution in [0.25, 0.3) is 0 Å². The lowest BCUT2D eigenvalue weighted by atomic mass is 9.93. The number of halogens is 1. The van der Waals surface area contributed by atoms with Gasteiger partial charge in [-0.25, -0.2) is 0 Å². The van der Waals surface area contributed by atoms with E-state index in [0.717, 1.165) is 0 Å². The zero-order chi connectivity index (χ0) is 8.74. The maximum absolute atomic E-state index is 6.44. The predicted molar refractivity (Wildman–Crippen MR) is 58.3 cm³/mol. The average molecular weight is 194 g/mol. The lowest BCUT2D eigenvalue weighted by Crippen LogP contribution is -2.20. The summed E-state index contributed by atoms with van der Waals surface area (Å²) < 4.78 is 0. The molecule has 0 saturated carbocycles. The molecule has 0 aromatic heterocycles. The highest BCUT2D eigenvalue weighted by Crippen LogP contribution is 2.32. The maximum Gasteiger partial charge on any atom is 0.0446 e. The Labute approximate surface area is 82.5 Å². The van der Waals surface area contributed by atoms with E-state index in [0.29, 0.717) is 0 Å². The lowest BCUT2D eigenvalue weighted by Gasteiger charge is -2.25. The van der Waals surface area contributed by atoms with Gasteiger partial charge in [0, 0.05) is 4.87 Å². The van der Waals surface area contributed by atoms with E-state index < -0.39 is 0 Å². The molecule has 12 heavy (non-hydrogen) atoms. The highest BCUT2D eigenvalue weighted by atomic mass is 35.5. The van der Waals surface area contributed by atoms with Gasteiger partial charge in [0.2, 0.25) is 0 Å². The largest absolute Gasteiger partial charge is 0.344 e. The van der Waals surface area contributed by atoms with Gasteiger partial charge in [-0.3, -0.25) is 0 Å². The van der Waals surface area contributed by atoms with Crippen LogP contribution in [0, 0.1) is 0 Å². The van der Waals surface area contributed by atoms with Crippen molar-refractivity contribution in [3.8, 4) is 0 Å². The van der Waals surface area contributed by atoms with E-state index in [1.807, 2.05) is 0 Å². The Kier molecular flexibility index (Phi) is 9.69. The quantitative estimate of drug-likeness (QED) is 0.619. The Morgan fingerprint density at radius 1 is 0.833 bits per heavy atom. The molecule has 0 spiro atoms. The molecule has 0 heterocycles. The SMILES string of the molecule is CCCC(Cl)(CCC)CCC.N. The van der Waals surface area contributed by atoms with Crippen molar-refractivity contribution in [2.45, 2.75) is 64.2 Å². The highest BCUT2D eigenvalue weighted by Gasteiger charge is 2.23. The molecule has 0 bridgehead atoms. The van der Waals surface area contributed by atoms with Crippen molar-refractivity contribution in [2.75, 3.05) is 0 Å². The van der Waals surface area contributed by atoms with Gasteiger partial charge in [-0.05, 0) is 19.3 Å². The van der Waals surface area contributed by atoms with Crippen molar-refractivity contribution < 1.29 is 0 Å². The molecule has 0 aliphatic heterocycles. The molecule has 76 valence electrons. The monoisotopic (exact) mass is 193 g/mol. The zero-order valence-corrected chi connectivity index (χ0v) is 9.58. The molecule has 0 aliphatic carbocycles. The van der Waals surface area contributed by atoms with Crippen molar-refractivity contribution in [2.24, 2.45) is 0 Å². The van der Waals surface area contributed by atoms with Crippen LogP contribution in [-0.4, -0.2) is 4.87 Å². The molecule has 0 radical (unpaired) electrons. The van der Waals surface area contributed by atoms with E-state index in [2.05, 4.69) is 20.8 Å². The second kappa shape index (κ2) is 7.88. The maximum atomic E-state index is 6.44. The zero-order valence-electron chi connectivity index (χ0n) is 8.83. The molecule has 3 N–H and O–H groups in total. The second-order valence-electron chi connectivity index (χ2n) is 3.40. The van der Waals surface area contributed by atoms with Gasteiger partial charge in [0.05, 0.1) is 0 Å². The Balaban J connectivity index is 0. The van der Waals surface area contributed by atoms with Crippen LogP contribution in [-0.2, 0) is 0 Å².